The van der Waals surface area contributed by atoms with Gasteiger partial charge in [-0.05, 0) is 30.7 Å². The van der Waals surface area contributed by atoms with Gasteiger partial charge in [0.05, 0.1) is 29.4 Å². The first kappa shape index (κ1) is 13.3. The second kappa shape index (κ2) is 6.19. The molecule has 2 aromatic rings. The summed E-state index contributed by atoms with van der Waals surface area (Å²) in [6.45, 7) is 1.59. The molecule has 0 radical (unpaired) electrons. The molecule has 0 aliphatic carbocycles. The highest BCUT2D eigenvalue weighted by Gasteiger charge is 2.15. The molecular formula is C14H17N3O2S. The van der Waals surface area contributed by atoms with E-state index in [0.717, 1.165) is 31.7 Å². The van der Waals surface area contributed by atoms with Crippen molar-refractivity contribution in [1.29, 1.82) is 0 Å². The molecule has 1 amide bonds. The Hall–Kier alpha value is -1.66. The van der Waals surface area contributed by atoms with E-state index in [2.05, 4.69) is 10.4 Å². The maximum atomic E-state index is 11.9. The lowest BCUT2D eigenvalue weighted by Crippen LogP contribution is -2.24. The fraction of sp³-hybridized carbons (Fsp3) is 0.429. The predicted molar refractivity (Wildman–Crippen MR) is 78.1 cm³/mol. The molecule has 1 saturated heterocycles. The van der Waals surface area contributed by atoms with Crippen LogP contribution in [-0.2, 0) is 11.3 Å². The molecule has 3 heterocycles. The smallest absolute Gasteiger partial charge is 0.265 e. The third kappa shape index (κ3) is 3.26. The number of hydrogen-bond acceptors (Lipinski definition) is 4. The van der Waals surface area contributed by atoms with E-state index in [4.69, 9.17) is 4.74 Å². The van der Waals surface area contributed by atoms with E-state index in [1.165, 1.54) is 17.8 Å². The number of hydrogen-bond donors (Lipinski definition) is 1. The highest BCUT2D eigenvalue weighted by atomic mass is 32.1. The number of amides is 1. The summed E-state index contributed by atoms with van der Waals surface area (Å²) in [6, 6.07) is 3.67. The van der Waals surface area contributed by atoms with Crippen LogP contribution >= 0.6 is 11.3 Å². The van der Waals surface area contributed by atoms with E-state index >= 15 is 0 Å². The minimum atomic E-state index is -0.0894. The minimum absolute atomic E-state index is 0.0894. The Kier molecular flexibility index (Phi) is 4.13. The van der Waals surface area contributed by atoms with Crippen molar-refractivity contribution < 1.29 is 9.53 Å². The maximum Gasteiger partial charge on any atom is 0.265 e. The number of ether oxygens (including phenoxy) is 1. The lowest BCUT2D eigenvalue weighted by molar-refractivity contribution is 0.00401. The molecule has 20 heavy (non-hydrogen) atoms. The monoisotopic (exact) mass is 291 g/mol. The van der Waals surface area contributed by atoms with Crippen LogP contribution in [0.3, 0.4) is 0 Å². The van der Waals surface area contributed by atoms with E-state index in [-0.39, 0.29) is 12.0 Å². The first-order chi connectivity index (χ1) is 9.81. The van der Waals surface area contributed by atoms with Crippen molar-refractivity contribution in [1.82, 2.24) is 9.78 Å². The standard InChI is InChI=1S/C14H17N3O2S/c18-14(13-5-3-7-20-13)16-11-8-15-17(9-11)10-12-4-1-2-6-19-12/h3,5,7-9,12H,1-2,4,6,10H2,(H,16,18)/t12-/m0/s1. The zero-order chi connectivity index (χ0) is 13.8. The van der Waals surface area contributed by atoms with Crippen molar-refractivity contribution in [3.63, 3.8) is 0 Å². The molecule has 0 saturated carbocycles. The molecule has 1 aliphatic rings. The average molecular weight is 291 g/mol. The van der Waals surface area contributed by atoms with Crippen LogP contribution < -0.4 is 5.32 Å². The topological polar surface area (TPSA) is 56.2 Å². The van der Waals surface area contributed by atoms with E-state index < -0.39 is 0 Å². The first-order valence-electron chi connectivity index (χ1n) is 6.80. The molecule has 6 heteroatoms. The molecular weight excluding hydrogens is 274 g/mol. The van der Waals surface area contributed by atoms with Crippen molar-refractivity contribution in [3.8, 4) is 0 Å². The maximum absolute atomic E-state index is 11.9. The Bertz CT molecular complexity index is 559. The number of carbonyl (C=O) groups is 1. The molecule has 1 fully saturated rings. The molecule has 5 nitrogen and oxygen atoms in total. The van der Waals surface area contributed by atoms with Crippen LogP contribution in [0.4, 0.5) is 5.69 Å². The van der Waals surface area contributed by atoms with Crippen LogP contribution in [0.2, 0.25) is 0 Å². The van der Waals surface area contributed by atoms with Gasteiger partial charge in [-0.1, -0.05) is 6.07 Å². The number of rotatable bonds is 4. The number of nitrogens with one attached hydrogen (secondary N) is 1. The fourth-order valence-electron chi connectivity index (χ4n) is 2.29. The molecule has 0 spiro atoms. The third-order valence-electron chi connectivity index (χ3n) is 3.30. The van der Waals surface area contributed by atoms with Crippen LogP contribution in [0.25, 0.3) is 0 Å². The quantitative estimate of drug-likeness (QED) is 0.942. The number of thiophene rings is 1. The van der Waals surface area contributed by atoms with Gasteiger partial charge < -0.3 is 10.1 Å². The Morgan fingerprint density at radius 2 is 2.50 bits per heavy atom. The van der Waals surface area contributed by atoms with Gasteiger partial charge in [0.2, 0.25) is 0 Å². The molecule has 106 valence electrons. The zero-order valence-corrected chi connectivity index (χ0v) is 11.9. The van der Waals surface area contributed by atoms with E-state index in [1.54, 1.807) is 12.3 Å². The summed E-state index contributed by atoms with van der Waals surface area (Å²) in [5.74, 6) is -0.0894. The summed E-state index contributed by atoms with van der Waals surface area (Å²) in [4.78, 5) is 12.6. The summed E-state index contributed by atoms with van der Waals surface area (Å²) in [7, 11) is 0. The molecule has 2 aromatic heterocycles. The Balaban J connectivity index is 1.57. The molecule has 0 unspecified atom stereocenters. The lowest BCUT2D eigenvalue weighted by Gasteiger charge is -2.22. The second-order valence-electron chi connectivity index (χ2n) is 4.87. The van der Waals surface area contributed by atoms with Gasteiger partial charge in [0.25, 0.3) is 5.91 Å². The van der Waals surface area contributed by atoms with Crippen LogP contribution in [0.5, 0.6) is 0 Å². The Morgan fingerprint density at radius 1 is 1.55 bits per heavy atom. The number of aromatic nitrogens is 2. The number of nitrogens with zero attached hydrogens (tertiary/aromatic N) is 2. The number of carbonyl (C=O) groups excluding carboxylic acids is 1. The molecule has 1 aliphatic heterocycles. The van der Waals surface area contributed by atoms with Gasteiger partial charge in [0.1, 0.15) is 0 Å². The van der Waals surface area contributed by atoms with Crippen molar-refractivity contribution in [2.24, 2.45) is 0 Å². The zero-order valence-electron chi connectivity index (χ0n) is 11.1. The first-order valence-corrected chi connectivity index (χ1v) is 7.68. The Labute approximate surface area is 121 Å². The van der Waals surface area contributed by atoms with E-state index in [0.29, 0.717) is 4.88 Å². The highest BCUT2D eigenvalue weighted by Crippen LogP contribution is 2.16. The SMILES string of the molecule is O=C(Nc1cnn(C[C@@H]2CCCCO2)c1)c1cccs1. The third-order valence-corrected chi connectivity index (χ3v) is 4.17. The lowest BCUT2D eigenvalue weighted by atomic mass is 10.1. The molecule has 1 atom stereocenters. The highest BCUT2D eigenvalue weighted by molar-refractivity contribution is 7.12. The normalized spacial score (nSPS) is 18.9. The van der Waals surface area contributed by atoms with Gasteiger partial charge in [-0.3, -0.25) is 9.48 Å². The summed E-state index contributed by atoms with van der Waals surface area (Å²) in [5, 5.41) is 9.01. The Morgan fingerprint density at radius 3 is 3.25 bits per heavy atom. The van der Waals surface area contributed by atoms with E-state index in [1.807, 2.05) is 22.3 Å². The van der Waals surface area contributed by atoms with Crippen molar-refractivity contribution in [2.45, 2.75) is 31.9 Å². The van der Waals surface area contributed by atoms with Gasteiger partial charge in [-0.2, -0.15) is 5.10 Å². The summed E-state index contributed by atoms with van der Waals surface area (Å²) in [6.07, 6.45) is 7.21. The second-order valence-corrected chi connectivity index (χ2v) is 5.82. The summed E-state index contributed by atoms with van der Waals surface area (Å²) >= 11 is 1.43. The average Bonchev–Trinajstić information content (AvgIpc) is 3.11. The van der Waals surface area contributed by atoms with Crippen molar-refractivity contribution in [2.75, 3.05) is 11.9 Å². The number of anilines is 1. The predicted octanol–water partition coefficient (Wildman–Crippen LogP) is 2.77. The summed E-state index contributed by atoms with van der Waals surface area (Å²) in [5.41, 5.74) is 0.721. The van der Waals surface area contributed by atoms with Crippen LogP contribution in [0, 0.1) is 0 Å². The van der Waals surface area contributed by atoms with Crippen molar-refractivity contribution >= 4 is 22.9 Å². The molecule has 1 N–H and O–H groups in total. The van der Waals surface area contributed by atoms with Gasteiger partial charge in [0, 0.05) is 12.8 Å². The van der Waals surface area contributed by atoms with Gasteiger partial charge in [-0.15, -0.1) is 11.3 Å². The summed E-state index contributed by atoms with van der Waals surface area (Å²) < 4.78 is 7.52. The fourth-order valence-corrected chi connectivity index (χ4v) is 2.91. The van der Waals surface area contributed by atoms with E-state index in [9.17, 15) is 4.79 Å². The molecule has 0 aromatic carbocycles. The van der Waals surface area contributed by atoms with Crippen LogP contribution in [0.15, 0.2) is 29.9 Å². The van der Waals surface area contributed by atoms with Crippen molar-refractivity contribution in [3.05, 3.63) is 34.8 Å². The van der Waals surface area contributed by atoms with Gasteiger partial charge >= 0.3 is 0 Å². The van der Waals surface area contributed by atoms with Gasteiger partial charge in [-0.25, -0.2) is 0 Å². The molecule has 3 rings (SSSR count). The molecule has 0 bridgehead atoms. The largest absolute Gasteiger partial charge is 0.376 e. The van der Waals surface area contributed by atoms with Crippen LogP contribution in [0.1, 0.15) is 28.9 Å². The van der Waals surface area contributed by atoms with Crippen LogP contribution in [-0.4, -0.2) is 28.4 Å². The minimum Gasteiger partial charge on any atom is -0.376 e. The van der Waals surface area contributed by atoms with Gasteiger partial charge in [0.15, 0.2) is 0 Å².